The van der Waals surface area contributed by atoms with Crippen LogP contribution in [0, 0.1) is 0 Å². The van der Waals surface area contributed by atoms with Crippen molar-refractivity contribution in [2.24, 2.45) is 0 Å². The first-order valence-corrected chi connectivity index (χ1v) is 5.81. The summed E-state index contributed by atoms with van der Waals surface area (Å²) in [5.74, 6) is -1.72. The first-order chi connectivity index (χ1) is 7.91. The fraction of sp³-hybridized carbons (Fsp3) is 0.818. The van der Waals surface area contributed by atoms with Gasteiger partial charge in [-0.05, 0) is 0 Å². The van der Waals surface area contributed by atoms with Crippen molar-refractivity contribution in [1.29, 1.82) is 0 Å². The third-order valence-electron chi connectivity index (χ3n) is 2.26. The zero-order chi connectivity index (χ0) is 13.3. The minimum absolute atomic E-state index is 0.0430. The Kier molecular flexibility index (Phi) is 8.35. The summed E-state index contributed by atoms with van der Waals surface area (Å²) in [6.45, 7) is 6.23. The summed E-state index contributed by atoms with van der Waals surface area (Å²) in [5.41, 5.74) is 0. The van der Waals surface area contributed by atoms with Crippen LogP contribution in [0.15, 0.2) is 0 Å². The molecule has 0 bridgehead atoms. The van der Waals surface area contributed by atoms with Gasteiger partial charge in [-0.1, -0.05) is 13.8 Å². The van der Waals surface area contributed by atoms with E-state index < -0.39 is 11.9 Å². The molecule has 0 aromatic heterocycles. The first-order valence-electron chi connectivity index (χ1n) is 5.81. The van der Waals surface area contributed by atoms with Crippen LogP contribution in [0.2, 0.25) is 0 Å². The highest BCUT2D eigenvalue weighted by Gasteiger charge is 2.09. The molecule has 0 saturated heterocycles. The van der Waals surface area contributed by atoms with E-state index in [-0.39, 0.29) is 12.8 Å². The molecule has 0 spiro atoms. The van der Waals surface area contributed by atoms with Crippen molar-refractivity contribution in [3.63, 3.8) is 0 Å². The lowest BCUT2D eigenvalue weighted by molar-refractivity contribution is -0.137. The molecule has 0 aromatic rings. The number of rotatable bonds is 10. The van der Waals surface area contributed by atoms with Crippen LogP contribution in [0.1, 0.15) is 26.7 Å². The van der Waals surface area contributed by atoms with E-state index in [4.69, 9.17) is 10.2 Å². The quantitative estimate of drug-likeness (QED) is 0.511. The zero-order valence-electron chi connectivity index (χ0n) is 10.5. The molecule has 0 radical (unpaired) electrons. The van der Waals surface area contributed by atoms with Crippen LogP contribution in [-0.4, -0.2) is 59.3 Å². The number of carboxylic acids is 2. The molecule has 0 atom stereocenters. The Morgan fingerprint density at radius 3 is 1.88 bits per heavy atom. The van der Waals surface area contributed by atoms with Gasteiger partial charge >= 0.3 is 11.9 Å². The molecule has 17 heavy (non-hydrogen) atoms. The van der Waals surface area contributed by atoms with Gasteiger partial charge in [0.1, 0.15) is 0 Å². The van der Waals surface area contributed by atoms with Crippen LogP contribution in [0.25, 0.3) is 0 Å². The van der Waals surface area contributed by atoms with Crippen molar-refractivity contribution >= 4 is 11.9 Å². The summed E-state index contributed by atoms with van der Waals surface area (Å²) in [6, 6.07) is 0.371. The Labute approximate surface area is 102 Å². The van der Waals surface area contributed by atoms with Crippen LogP contribution < -0.4 is 5.32 Å². The van der Waals surface area contributed by atoms with E-state index in [9.17, 15) is 9.59 Å². The molecule has 0 amide bonds. The van der Waals surface area contributed by atoms with Gasteiger partial charge in [0.2, 0.25) is 0 Å². The third-order valence-corrected chi connectivity index (χ3v) is 2.26. The van der Waals surface area contributed by atoms with Crippen molar-refractivity contribution in [1.82, 2.24) is 10.2 Å². The average molecular weight is 246 g/mol. The molecular formula is C11H22N2O4. The molecule has 0 aliphatic carbocycles. The Morgan fingerprint density at radius 1 is 1.06 bits per heavy atom. The monoisotopic (exact) mass is 246 g/mol. The molecule has 100 valence electrons. The van der Waals surface area contributed by atoms with Crippen molar-refractivity contribution < 1.29 is 19.8 Å². The molecule has 0 fully saturated rings. The predicted molar refractivity (Wildman–Crippen MR) is 64.1 cm³/mol. The van der Waals surface area contributed by atoms with E-state index >= 15 is 0 Å². The summed E-state index contributed by atoms with van der Waals surface area (Å²) in [7, 11) is 0. The minimum Gasteiger partial charge on any atom is -0.481 e. The van der Waals surface area contributed by atoms with Gasteiger partial charge < -0.3 is 20.4 Å². The number of hydrogen-bond donors (Lipinski definition) is 3. The van der Waals surface area contributed by atoms with Crippen molar-refractivity contribution in [2.75, 3.05) is 26.2 Å². The van der Waals surface area contributed by atoms with Crippen LogP contribution in [0.5, 0.6) is 0 Å². The van der Waals surface area contributed by atoms with Crippen molar-refractivity contribution in [3.8, 4) is 0 Å². The maximum absolute atomic E-state index is 10.5. The topological polar surface area (TPSA) is 89.9 Å². The summed E-state index contributed by atoms with van der Waals surface area (Å²) < 4.78 is 0. The first kappa shape index (κ1) is 15.9. The highest BCUT2D eigenvalue weighted by molar-refractivity contribution is 5.67. The van der Waals surface area contributed by atoms with Crippen LogP contribution in [0.4, 0.5) is 0 Å². The van der Waals surface area contributed by atoms with Crippen molar-refractivity contribution in [3.05, 3.63) is 0 Å². The Hall–Kier alpha value is -1.14. The van der Waals surface area contributed by atoms with E-state index in [2.05, 4.69) is 5.32 Å². The lowest BCUT2D eigenvalue weighted by Gasteiger charge is -2.21. The zero-order valence-corrected chi connectivity index (χ0v) is 10.5. The van der Waals surface area contributed by atoms with Gasteiger partial charge in [-0.3, -0.25) is 9.59 Å². The number of nitrogens with one attached hydrogen (secondary N) is 1. The van der Waals surface area contributed by atoms with Gasteiger partial charge in [-0.2, -0.15) is 0 Å². The average Bonchev–Trinajstić information content (AvgIpc) is 2.20. The van der Waals surface area contributed by atoms with Gasteiger partial charge in [0, 0.05) is 32.2 Å². The summed E-state index contributed by atoms with van der Waals surface area (Å²) in [4.78, 5) is 22.8. The Balaban J connectivity index is 3.91. The second kappa shape index (κ2) is 8.95. The molecule has 0 aliphatic rings. The molecular weight excluding hydrogens is 224 g/mol. The van der Waals surface area contributed by atoms with Gasteiger partial charge in [0.05, 0.1) is 12.8 Å². The second-order valence-electron chi connectivity index (χ2n) is 4.24. The van der Waals surface area contributed by atoms with Gasteiger partial charge in [0.25, 0.3) is 0 Å². The standard InChI is InChI=1S/C11H22N2O4/c1-9(2)12-5-8-13(6-3-10(14)15)7-4-11(16)17/h9,12H,3-8H2,1-2H3,(H,14,15)(H,16,17). The number of nitrogens with zero attached hydrogens (tertiary/aromatic N) is 1. The lowest BCUT2D eigenvalue weighted by Crippen LogP contribution is -2.37. The number of carbonyl (C=O) groups is 2. The SMILES string of the molecule is CC(C)NCCN(CCC(=O)O)CCC(=O)O. The maximum atomic E-state index is 10.5. The van der Waals surface area contributed by atoms with E-state index in [0.29, 0.717) is 25.7 Å². The molecule has 0 heterocycles. The molecule has 0 rings (SSSR count). The summed E-state index contributed by atoms with van der Waals surface area (Å²) >= 11 is 0. The normalized spacial score (nSPS) is 11.1. The van der Waals surface area contributed by atoms with E-state index in [1.165, 1.54) is 0 Å². The molecule has 0 saturated carbocycles. The highest BCUT2D eigenvalue weighted by Crippen LogP contribution is 1.95. The van der Waals surface area contributed by atoms with Crippen molar-refractivity contribution in [2.45, 2.75) is 32.7 Å². The third kappa shape index (κ3) is 11.1. The smallest absolute Gasteiger partial charge is 0.304 e. The van der Waals surface area contributed by atoms with Crippen LogP contribution in [-0.2, 0) is 9.59 Å². The molecule has 0 aromatic carbocycles. The largest absolute Gasteiger partial charge is 0.481 e. The fourth-order valence-corrected chi connectivity index (χ4v) is 1.35. The number of aliphatic carboxylic acids is 2. The van der Waals surface area contributed by atoms with Crippen LogP contribution in [0.3, 0.4) is 0 Å². The predicted octanol–water partition coefficient (Wildman–Crippen LogP) is 0.236. The second-order valence-corrected chi connectivity index (χ2v) is 4.24. The van der Waals surface area contributed by atoms with Gasteiger partial charge in [0.15, 0.2) is 0 Å². The van der Waals surface area contributed by atoms with Gasteiger partial charge in [-0.15, -0.1) is 0 Å². The molecule has 6 heteroatoms. The van der Waals surface area contributed by atoms with E-state index in [0.717, 1.165) is 6.54 Å². The number of hydrogen-bond acceptors (Lipinski definition) is 4. The van der Waals surface area contributed by atoms with E-state index in [1.807, 2.05) is 18.7 Å². The summed E-state index contributed by atoms with van der Waals surface area (Å²) in [6.07, 6.45) is 0.0859. The molecule has 0 unspecified atom stereocenters. The minimum atomic E-state index is -0.859. The summed E-state index contributed by atoms with van der Waals surface area (Å²) in [5, 5.41) is 20.4. The maximum Gasteiger partial charge on any atom is 0.304 e. The molecule has 6 nitrogen and oxygen atoms in total. The van der Waals surface area contributed by atoms with Crippen LogP contribution >= 0.6 is 0 Å². The number of carboxylic acid groups (broad SMARTS) is 2. The molecule has 3 N–H and O–H groups in total. The molecule has 0 aliphatic heterocycles. The Bertz CT molecular complexity index is 226. The van der Waals surface area contributed by atoms with Gasteiger partial charge in [-0.25, -0.2) is 0 Å². The Morgan fingerprint density at radius 2 is 1.53 bits per heavy atom. The highest BCUT2D eigenvalue weighted by atomic mass is 16.4. The fourth-order valence-electron chi connectivity index (χ4n) is 1.35. The van der Waals surface area contributed by atoms with E-state index in [1.54, 1.807) is 0 Å². The lowest BCUT2D eigenvalue weighted by atomic mass is 10.3.